The van der Waals surface area contributed by atoms with E-state index in [0.29, 0.717) is 0 Å². The minimum atomic E-state index is -1.27. The Labute approximate surface area is 405 Å². The van der Waals surface area contributed by atoms with E-state index in [-0.39, 0.29) is 81.7 Å². The topological polar surface area (TPSA) is 69.7 Å². The van der Waals surface area contributed by atoms with Gasteiger partial charge >= 0.3 is 69.5 Å². The Balaban J connectivity index is -0.000000112. The van der Waals surface area contributed by atoms with Gasteiger partial charge in [-0.05, 0) is 145 Å². The van der Waals surface area contributed by atoms with Crippen molar-refractivity contribution in [3.05, 3.63) is 96.9 Å². The number of benzene rings is 3. The molecule has 3 aromatic rings. The summed E-state index contributed by atoms with van der Waals surface area (Å²) < 4.78 is 45.3. The van der Waals surface area contributed by atoms with E-state index >= 15 is 0 Å². The average Bonchev–Trinajstić information content (AvgIpc) is 3.88. The van der Waals surface area contributed by atoms with Gasteiger partial charge in [0.1, 0.15) is 0 Å². The summed E-state index contributed by atoms with van der Waals surface area (Å²) in [6, 6.07) is 28.9. The van der Waals surface area contributed by atoms with Gasteiger partial charge < -0.3 is 30.7 Å². The SMILES string of the molecule is C1CCOC1.C1CCOC1.CC(C)(C)Cl.CC(C)(C)[P+](=O)c1ccccc1.CC(C)(C)[P+](=O)c1ccccc1.CC(C)(C)[P+](=O)c1ccccc1.C[C-](C)C.[Cl-].[H-].[H-].[Mg+2].[Mg+2]. The van der Waals surface area contributed by atoms with Gasteiger partial charge in [-0.1, -0.05) is 68.3 Å². The van der Waals surface area contributed by atoms with E-state index in [1.54, 1.807) is 0 Å². The summed E-state index contributed by atoms with van der Waals surface area (Å²) in [5.41, 5.74) is 0. The van der Waals surface area contributed by atoms with Gasteiger partial charge in [-0.2, -0.15) is 20.8 Å². The number of rotatable bonds is 3. The van der Waals surface area contributed by atoms with E-state index in [0.717, 1.165) is 42.3 Å². The third-order valence-corrected chi connectivity index (χ3v) is 12.4. The molecule has 0 saturated carbocycles. The van der Waals surface area contributed by atoms with Gasteiger partial charge in [0.05, 0.1) is 0 Å². The molecule has 0 aliphatic carbocycles. The molecule has 0 aromatic heterocycles. The van der Waals surface area contributed by atoms with E-state index in [9.17, 15) is 13.7 Å². The Morgan fingerprint density at radius 3 is 0.724 bits per heavy atom. The molecule has 3 unspecified atom stereocenters. The molecule has 0 spiro atoms. The first-order valence-electron chi connectivity index (χ1n) is 19.5. The second-order valence-electron chi connectivity index (χ2n) is 17.6. The molecule has 2 heterocycles. The van der Waals surface area contributed by atoms with Crippen LogP contribution in [0.4, 0.5) is 0 Å². The largest absolute Gasteiger partial charge is 2.00 e. The van der Waals surface area contributed by atoms with Gasteiger partial charge in [0.2, 0.25) is 0 Å². The van der Waals surface area contributed by atoms with Crippen LogP contribution in [0.15, 0.2) is 91.0 Å². The zero-order valence-electron chi connectivity index (χ0n) is 40.9. The predicted molar refractivity (Wildman–Crippen MR) is 260 cm³/mol. The second kappa shape index (κ2) is 36.5. The Kier molecular flexibility index (Phi) is 42.2. The van der Waals surface area contributed by atoms with E-state index in [2.05, 4.69) is 20.8 Å². The molecule has 0 radical (unpaired) electrons. The predicted octanol–water partition coefficient (Wildman–Crippen LogP) is 10.5. The maximum atomic E-state index is 11.8. The molecular weight excluding hydrogens is 845 g/mol. The van der Waals surface area contributed by atoms with Gasteiger partial charge in [0.25, 0.3) is 0 Å². The first-order chi connectivity index (χ1) is 25.3. The summed E-state index contributed by atoms with van der Waals surface area (Å²) in [4.78, 5) is -0.0278. The van der Waals surface area contributed by atoms with Crippen LogP contribution in [0.1, 0.15) is 132 Å². The number of hydrogen-bond donors (Lipinski definition) is 0. The standard InChI is InChI=1S/3C10H14OP.C4H9Cl.2C4H8O.C4H9.ClH.2Mg.2H/c3*1-10(2,3)12(11)9-7-5-4-6-8-9;1-4(2,3)5;2*1-2-4-5-3-1;1-4(2)3;;;;;/h3*4-8H,1-3H3;1-3H3;2*1-4H2;1-3H3;1H;;;;/q3*+1;;;;-1;;2*+2;2*-1/p-1. The summed E-state index contributed by atoms with van der Waals surface area (Å²) in [6.45, 7) is 34.1. The van der Waals surface area contributed by atoms with Crippen LogP contribution in [0.3, 0.4) is 0 Å². The van der Waals surface area contributed by atoms with Gasteiger partial charge in [-0.3, -0.25) is 0 Å². The van der Waals surface area contributed by atoms with Crippen molar-refractivity contribution in [2.24, 2.45) is 0 Å². The smallest absolute Gasteiger partial charge is 1.00 e. The van der Waals surface area contributed by atoms with Crippen molar-refractivity contribution in [2.75, 3.05) is 26.4 Å². The minimum absolute atomic E-state index is 0. The van der Waals surface area contributed by atoms with Gasteiger partial charge in [-0.25, -0.2) is 0 Å². The molecule has 5 rings (SSSR count). The van der Waals surface area contributed by atoms with Crippen LogP contribution in [-0.2, 0) is 23.2 Å². The fourth-order valence-electron chi connectivity index (χ4n) is 3.87. The van der Waals surface area contributed by atoms with E-state index < -0.39 is 23.4 Å². The molecule has 0 bridgehead atoms. The molecular formula is C46H78Cl2Mg2O5P3+3. The van der Waals surface area contributed by atoms with Crippen LogP contribution >= 0.6 is 35.0 Å². The summed E-state index contributed by atoms with van der Waals surface area (Å²) in [7, 11) is -3.80. The monoisotopic (exact) mass is 921 g/mol. The van der Waals surface area contributed by atoms with Crippen LogP contribution in [0, 0.1) is 5.92 Å². The van der Waals surface area contributed by atoms with Crippen molar-refractivity contribution in [1.82, 2.24) is 0 Å². The number of ether oxygens (including phenoxy) is 2. The molecule has 12 heteroatoms. The molecule has 0 amide bonds. The van der Waals surface area contributed by atoms with Crippen LogP contribution < -0.4 is 28.3 Å². The van der Waals surface area contributed by atoms with Crippen molar-refractivity contribution < 1.29 is 38.4 Å². The Morgan fingerprint density at radius 1 is 0.466 bits per heavy atom. The van der Waals surface area contributed by atoms with Crippen LogP contribution in [0.2, 0.25) is 0 Å². The quantitative estimate of drug-likeness (QED) is 0.113. The second-order valence-corrected chi connectivity index (χ2v) is 26.1. The van der Waals surface area contributed by atoms with Gasteiger partial charge in [0.15, 0.2) is 31.4 Å². The van der Waals surface area contributed by atoms with Crippen molar-refractivity contribution in [2.45, 2.75) is 150 Å². The Bertz CT molecular complexity index is 1260. The summed E-state index contributed by atoms with van der Waals surface area (Å²) in [6.07, 6.45) is 5.11. The summed E-state index contributed by atoms with van der Waals surface area (Å²) in [5.74, 6) is 1.42. The van der Waals surface area contributed by atoms with Crippen molar-refractivity contribution in [3.8, 4) is 0 Å². The molecule has 322 valence electrons. The first kappa shape index (κ1) is 67.1. The Morgan fingerprint density at radius 2 is 0.621 bits per heavy atom. The fourth-order valence-corrected chi connectivity index (χ4v) is 7.53. The van der Waals surface area contributed by atoms with E-state index in [4.69, 9.17) is 21.1 Å². The molecule has 2 fully saturated rings. The third-order valence-electron chi connectivity index (χ3n) is 6.45. The molecule has 2 aliphatic rings. The molecule has 2 saturated heterocycles. The Hall–Kier alpha value is -0.00753. The third kappa shape index (κ3) is 41.4. The first-order valence-corrected chi connectivity index (χ1v) is 23.6. The van der Waals surface area contributed by atoms with Crippen molar-refractivity contribution in [3.63, 3.8) is 0 Å². The molecule has 0 N–H and O–H groups in total. The van der Waals surface area contributed by atoms with Gasteiger partial charge in [-0.15, -0.1) is 11.6 Å². The fraction of sp³-hybridized carbons (Fsp3) is 0.587. The number of halogens is 2. The maximum Gasteiger partial charge on any atom is 2.00 e. The van der Waals surface area contributed by atoms with Crippen LogP contribution in [0.25, 0.3) is 0 Å². The van der Waals surface area contributed by atoms with E-state index in [1.165, 1.54) is 31.6 Å². The zero-order valence-corrected chi connectivity index (χ0v) is 45.9. The number of hydrogen-bond acceptors (Lipinski definition) is 5. The molecule has 2 aliphatic heterocycles. The summed E-state index contributed by atoms with van der Waals surface area (Å²) >= 11 is 5.53. The summed E-state index contributed by atoms with van der Waals surface area (Å²) in [5, 5.41) is 2.45. The van der Waals surface area contributed by atoms with Crippen molar-refractivity contribution >= 4 is 97.0 Å². The van der Waals surface area contributed by atoms with Gasteiger partial charge in [0, 0.05) is 31.3 Å². The zero-order chi connectivity index (χ0) is 42.7. The van der Waals surface area contributed by atoms with Crippen LogP contribution in [0.5, 0.6) is 0 Å². The van der Waals surface area contributed by atoms with E-state index in [1.807, 2.05) is 174 Å². The normalized spacial score (nSPS) is 13.7. The maximum absolute atomic E-state index is 11.8. The number of alkyl halides is 1. The molecule has 58 heavy (non-hydrogen) atoms. The molecule has 3 aromatic carbocycles. The minimum Gasteiger partial charge on any atom is -1.00 e. The average molecular weight is 924 g/mol. The molecule has 3 atom stereocenters. The molecule has 5 nitrogen and oxygen atoms in total. The van der Waals surface area contributed by atoms with Crippen LogP contribution in [-0.4, -0.2) is 92.9 Å². The van der Waals surface area contributed by atoms with Crippen molar-refractivity contribution in [1.29, 1.82) is 0 Å².